The van der Waals surface area contributed by atoms with Gasteiger partial charge in [-0.1, -0.05) is 13.3 Å². The van der Waals surface area contributed by atoms with Gasteiger partial charge in [-0.15, -0.1) is 0 Å². The molecule has 1 aromatic rings. The molecule has 0 aliphatic heterocycles. The fourth-order valence-electron chi connectivity index (χ4n) is 2.60. The van der Waals surface area contributed by atoms with E-state index in [1.165, 1.54) is 10.7 Å². The molecule has 1 fully saturated rings. The van der Waals surface area contributed by atoms with Crippen LogP contribution in [0, 0.1) is 5.92 Å². The summed E-state index contributed by atoms with van der Waals surface area (Å²) < 4.78 is 28.6. The van der Waals surface area contributed by atoms with Gasteiger partial charge in [0.1, 0.15) is 4.90 Å². The summed E-state index contributed by atoms with van der Waals surface area (Å²) in [7, 11) is 0.229. The van der Waals surface area contributed by atoms with Crippen LogP contribution in [0.2, 0.25) is 0 Å². The Balaban J connectivity index is 2.06. The maximum atomic E-state index is 12.6. The van der Waals surface area contributed by atoms with Crippen LogP contribution in [-0.4, -0.2) is 37.4 Å². The predicted octanol–water partition coefficient (Wildman–Crippen LogP) is 1.95. The maximum absolute atomic E-state index is 12.6. The minimum absolute atomic E-state index is 0.403. The third-order valence-electron chi connectivity index (χ3n) is 4.26. The molecule has 2 rings (SSSR count). The summed E-state index contributed by atoms with van der Waals surface area (Å²) in [5, 5.41) is 3.31. The van der Waals surface area contributed by atoms with Crippen molar-refractivity contribution in [2.45, 2.75) is 44.0 Å². The number of rotatable bonds is 8. The Hall–Kier alpha value is -0.850. The summed E-state index contributed by atoms with van der Waals surface area (Å²) in [6.45, 7) is 4.39. The normalized spacial score (nSPS) is 16.4. The molecule has 0 bridgehead atoms. The highest BCUT2D eigenvalue weighted by Gasteiger charge is 2.27. The van der Waals surface area contributed by atoms with E-state index in [4.69, 9.17) is 0 Å². The average Bonchev–Trinajstić information content (AvgIpc) is 2.76. The molecule has 21 heavy (non-hydrogen) atoms. The van der Waals surface area contributed by atoms with Gasteiger partial charge >= 0.3 is 0 Å². The Morgan fingerprint density at radius 3 is 2.71 bits per heavy atom. The number of sulfonamides is 1. The second-order valence-corrected chi connectivity index (χ2v) is 8.08. The Morgan fingerprint density at radius 2 is 2.14 bits per heavy atom. The van der Waals surface area contributed by atoms with Crippen molar-refractivity contribution in [3.8, 4) is 0 Å². The third kappa shape index (κ3) is 3.87. The molecule has 0 unspecified atom stereocenters. The van der Waals surface area contributed by atoms with E-state index in [1.54, 1.807) is 19.3 Å². The summed E-state index contributed by atoms with van der Waals surface area (Å²) in [6.07, 6.45) is 6.33. The third-order valence-corrected chi connectivity index (χ3v) is 6.05. The molecule has 5 nitrogen and oxygen atoms in total. The van der Waals surface area contributed by atoms with Crippen LogP contribution in [0.25, 0.3) is 0 Å². The lowest BCUT2D eigenvalue weighted by atomic mass is 9.86. The summed E-state index contributed by atoms with van der Waals surface area (Å²) in [5.74, 6) is 0.541. The van der Waals surface area contributed by atoms with E-state index in [-0.39, 0.29) is 0 Å². The first kappa shape index (κ1) is 16.5. The number of nitrogens with zero attached hydrogens (tertiary/aromatic N) is 2. The molecular formula is C15H27N3O2S. The van der Waals surface area contributed by atoms with Crippen LogP contribution >= 0.6 is 0 Å². The highest BCUT2D eigenvalue weighted by Crippen LogP contribution is 2.28. The Kier molecular flexibility index (Phi) is 5.46. The summed E-state index contributed by atoms with van der Waals surface area (Å²) in [5.41, 5.74) is 0.999. The van der Waals surface area contributed by atoms with Gasteiger partial charge in [0.15, 0.2) is 0 Å². The first-order valence-electron chi connectivity index (χ1n) is 7.77. The molecule has 0 atom stereocenters. The smallest absolute Gasteiger partial charge is 0.244 e. The SMILES string of the molecule is CCCNCc1cc(S(=O)(=O)N(C)CC2CCC2)cn1C. The lowest BCUT2D eigenvalue weighted by molar-refractivity contribution is 0.263. The molecule has 120 valence electrons. The molecule has 1 heterocycles. The predicted molar refractivity (Wildman–Crippen MR) is 84.6 cm³/mol. The first-order valence-corrected chi connectivity index (χ1v) is 9.21. The lowest BCUT2D eigenvalue weighted by Crippen LogP contribution is -2.34. The quantitative estimate of drug-likeness (QED) is 0.746. The van der Waals surface area contributed by atoms with Crippen molar-refractivity contribution in [3.63, 3.8) is 0 Å². The summed E-state index contributed by atoms with van der Waals surface area (Å²) in [6, 6.07) is 1.79. The lowest BCUT2D eigenvalue weighted by Gasteiger charge is -2.29. The largest absolute Gasteiger partial charge is 0.352 e. The Labute approximate surface area is 128 Å². The van der Waals surface area contributed by atoms with Gasteiger partial charge in [-0.2, -0.15) is 0 Å². The van der Waals surface area contributed by atoms with Crippen molar-refractivity contribution in [1.82, 2.24) is 14.2 Å². The molecule has 0 aromatic carbocycles. The van der Waals surface area contributed by atoms with E-state index in [0.717, 1.165) is 31.5 Å². The second kappa shape index (κ2) is 6.94. The van der Waals surface area contributed by atoms with Gasteiger partial charge in [0.05, 0.1) is 0 Å². The monoisotopic (exact) mass is 313 g/mol. The maximum Gasteiger partial charge on any atom is 0.244 e. The minimum Gasteiger partial charge on any atom is -0.352 e. The van der Waals surface area contributed by atoms with Crippen LogP contribution in [0.15, 0.2) is 17.2 Å². The van der Waals surface area contributed by atoms with E-state index in [1.807, 2.05) is 11.6 Å². The molecule has 1 aliphatic rings. The van der Waals surface area contributed by atoms with Crippen LogP contribution in [0.1, 0.15) is 38.3 Å². The zero-order chi connectivity index (χ0) is 15.5. The second-order valence-electron chi connectivity index (χ2n) is 6.04. The van der Waals surface area contributed by atoms with Crippen LogP contribution < -0.4 is 5.32 Å². The van der Waals surface area contributed by atoms with Crippen molar-refractivity contribution in [3.05, 3.63) is 18.0 Å². The topological polar surface area (TPSA) is 54.3 Å². The number of aromatic nitrogens is 1. The summed E-state index contributed by atoms with van der Waals surface area (Å²) >= 11 is 0. The average molecular weight is 313 g/mol. The highest BCUT2D eigenvalue weighted by atomic mass is 32.2. The molecule has 1 aliphatic carbocycles. The number of aryl methyl sites for hydroxylation is 1. The zero-order valence-electron chi connectivity index (χ0n) is 13.3. The molecular weight excluding hydrogens is 286 g/mol. The minimum atomic E-state index is -3.36. The van der Waals surface area contributed by atoms with E-state index in [9.17, 15) is 8.42 Å². The van der Waals surface area contributed by atoms with Gasteiger partial charge < -0.3 is 9.88 Å². The molecule has 0 amide bonds. The fraction of sp³-hybridized carbons (Fsp3) is 0.733. The number of hydrogen-bond acceptors (Lipinski definition) is 3. The van der Waals surface area contributed by atoms with Crippen molar-refractivity contribution >= 4 is 10.0 Å². The van der Waals surface area contributed by atoms with E-state index >= 15 is 0 Å². The first-order chi connectivity index (χ1) is 9.95. The molecule has 6 heteroatoms. The van der Waals surface area contributed by atoms with E-state index in [0.29, 0.717) is 23.9 Å². The van der Waals surface area contributed by atoms with Crippen LogP contribution in [0.3, 0.4) is 0 Å². The van der Waals surface area contributed by atoms with Gasteiger partial charge in [0, 0.05) is 39.1 Å². The fourth-order valence-corrected chi connectivity index (χ4v) is 3.95. The van der Waals surface area contributed by atoms with Crippen molar-refractivity contribution < 1.29 is 8.42 Å². The standard InChI is InChI=1S/C15H27N3O2S/c1-4-8-16-10-14-9-15(12-17(14)2)21(19,20)18(3)11-13-6-5-7-13/h9,12-13,16H,4-8,10-11H2,1-3H3. The molecule has 0 radical (unpaired) electrons. The molecule has 0 saturated heterocycles. The number of hydrogen-bond donors (Lipinski definition) is 1. The van der Waals surface area contributed by atoms with Crippen LogP contribution in [0.4, 0.5) is 0 Å². The Bertz CT molecular complexity index is 561. The zero-order valence-corrected chi connectivity index (χ0v) is 14.1. The Morgan fingerprint density at radius 1 is 1.43 bits per heavy atom. The van der Waals surface area contributed by atoms with Crippen molar-refractivity contribution in [2.24, 2.45) is 13.0 Å². The molecule has 0 spiro atoms. The van der Waals surface area contributed by atoms with E-state index in [2.05, 4.69) is 12.2 Å². The van der Waals surface area contributed by atoms with Gasteiger partial charge in [0.25, 0.3) is 0 Å². The highest BCUT2D eigenvalue weighted by molar-refractivity contribution is 7.89. The molecule has 1 aromatic heterocycles. The summed E-state index contributed by atoms with van der Waals surface area (Å²) in [4.78, 5) is 0.403. The van der Waals surface area contributed by atoms with Gasteiger partial charge in [0.2, 0.25) is 10.0 Å². The molecule has 1 N–H and O–H groups in total. The van der Waals surface area contributed by atoms with Crippen molar-refractivity contribution in [1.29, 1.82) is 0 Å². The number of nitrogens with one attached hydrogen (secondary N) is 1. The molecule has 1 saturated carbocycles. The van der Waals surface area contributed by atoms with E-state index < -0.39 is 10.0 Å². The van der Waals surface area contributed by atoms with Gasteiger partial charge in [-0.05, 0) is 37.8 Å². The van der Waals surface area contributed by atoms with Gasteiger partial charge in [-0.25, -0.2) is 12.7 Å². The van der Waals surface area contributed by atoms with Crippen LogP contribution in [0.5, 0.6) is 0 Å². The van der Waals surface area contributed by atoms with Gasteiger partial charge in [-0.3, -0.25) is 0 Å². The van der Waals surface area contributed by atoms with Crippen molar-refractivity contribution in [2.75, 3.05) is 20.1 Å². The van der Waals surface area contributed by atoms with Crippen LogP contribution in [-0.2, 0) is 23.6 Å².